The van der Waals surface area contributed by atoms with Gasteiger partial charge in [0.15, 0.2) is 0 Å². The van der Waals surface area contributed by atoms with E-state index in [1.54, 1.807) is 0 Å². The zero-order chi connectivity index (χ0) is 11.1. The van der Waals surface area contributed by atoms with E-state index >= 15 is 0 Å². The lowest BCUT2D eigenvalue weighted by molar-refractivity contribution is -0.148. The van der Waals surface area contributed by atoms with Crippen molar-refractivity contribution in [2.45, 2.75) is 6.92 Å². The molecule has 0 spiro atoms. The molecule has 0 radical (unpaired) electrons. The number of carbonyl (C=O) groups excluding carboxylic acids is 1. The Morgan fingerprint density at radius 2 is 1.79 bits per heavy atom. The highest BCUT2D eigenvalue weighted by Crippen LogP contribution is 1.97. The minimum absolute atomic E-state index is 0.0231. The van der Waals surface area contributed by atoms with Crippen LogP contribution < -0.4 is 0 Å². The SMILES string of the molecule is CC(=O)C(=O)O.O=C(O)c1ccco1. The number of hydrogen-bond acceptors (Lipinski definition) is 4. The Balaban J connectivity index is 0.000000255. The number of Topliss-reactive ketones (excluding diaryl/α,β-unsaturated/α-hetero) is 1. The number of carboxylic acid groups (broad SMARTS) is 2. The number of ketones is 1. The predicted octanol–water partition coefficient (Wildman–Crippen LogP) is 0.638. The smallest absolute Gasteiger partial charge is 0.371 e. The lowest BCUT2D eigenvalue weighted by Gasteiger charge is -1.79. The van der Waals surface area contributed by atoms with Crippen molar-refractivity contribution in [1.82, 2.24) is 0 Å². The van der Waals surface area contributed by atoms with Gasteiger partial charge >= 0.3 is 11.9 Å². The third-order valence-corrected chi connectivity index (χ3v) is 1.03. The number of rotatable bonds is 2. The molecular formula is C8H8O6. The molecule has 0 aromatic carbocycles. The van der Waals surface area contributed by atoms with Gasteiger partial charge in [0.1, 0.15) is 0 Å². The van der Waals surface area contributed by atoms with E-state index in [1.165, 1.54) is 18.4 Å². The Morgan fingerprint density at radius 1 is 1.29 bits per heavy atom. The van der Waals surface area contributed by atoms with Crippen LogP contribution in [0.15, 0.2) is 22.8 Å². The maximum atomic E-state index is 9.97. The molecule has 0 unspecified atom stereocenters. The lowest BCUT2D eigenvalue weighted by atomic mass is 10.5. The van der Waals surface area contributed by atoms with Gasteiger partial charge in [0, 0.05) is 6.92 Å². The number of aliphatic carboxylic acids is 1. The van der Waals surface area contributed by atoms with Gasteiger partial charge in [0.2, 0.25) is 11.5 Å². The largest absolute Gasteiger partial charge is 0.476 e. The average Bonchev–Trinajstić information content (AvgIpc) is 2.56. The van der Waals surface area contributed by atoms with E-state index in [0.29, 0.717) is 0 Å². The van der Waals surface area contributed by atoms with E-state index in [9.17, 15) is 14.4 Å². The minimum atomic E-state index is -1.38. The zero-order valence-electron chi connectivity index (χ0n) is 7.26. The molecule has 0 aliphatic carbocycles. The Kier molecular flexibility index (Phi) is 4.69. The van der Waals surface area contributed by atoms with E-state index in [4.69, 9.17) is 10.2 Å². The molecule has 6 heteroatoms. The fraction of sp³-hybridized carbons (Fsp3) is 0.125. The molecule has 0 saturated heterocycles. The first-order valence-corrected chi connectivity index (χ1v) is 3.45. The second-order valence-electron chi connectivity index (χ2n) is 2.14. The highest BCUT2D eigenvalue weighted by Gasteiger charge is 2.01. The Hall–Kier alpha value is -2.11. The Bertz CT molecular complexity index is 312. The van der Waals surface area contributed by atoms with Crippen molar-refractivity contribution in [3.8, 4) is 0 Å². The van der Waals surface area contributed by atoms with Crippen molar-refractivity contribution in [3.63, 3.8) is 0 Å². The minimum Gasteiger partial charge on any atom is -0.476 e. The molecule has 0 saturated carbocycles. The third-order valence-electron chi connectivity index (χ3n) is 1.03. The zero-order valence-corrected chi connectivity index (χ0v) is 7.26. The fourth-order valence-electron chi connectivity index (χ4n) is 0.400. The summed E-state index contributed by atoms with van der Waals surface area (Å²) in [6, 6.07) is 2.92. The van der Waals surface area contributed by atoms with Gasteiger partial charge in [0.05, 0.1) is 6.26 Å². The number of hydrogen-bond donors (Lipinski definition) is 2. The molecule has 0 fully saturated rings. The van der Waals surface area contributed by atoms with Crippen LogP contribution in [-0.2, 0) is 9.59 Å². The standard InChI is InChI=1S/C5H4O3.C3H4O3/c6-5(7)4-2-1-3-8-4;1-2(4)3(5)6/h1-3H,(H,6,7);1H3,(H,5,6). The number of carbonyl (C=O) groups is 3. The summed E-state index contributed by atoms with van der Waals surface area (Å²) >= 11 is 0. The maximum Gasteiger partial charge on any atom is 0.371 e. The first kappa shape index (κ1) is 11.9. The number of furan rings is 1. The summed E-state index contributed by atoms with van der Waals surface area (Å²) in [5.74, 6) is -3.26. The van der Waals surface area contributed by atoms with Crippen LogP contribution in [0.1, 0.15) is 17.5 Å². The van der Waals surface area contributed by atoms with Crippen LogP contribution in [0.5, 0.6) is 0 Å². The molecule has 1 heterocycles. The van der Waals surface area contributed by atoms with Crippen molar-refractivity contribution in [2.24, 2.45) is 0 Å². The van der Waals surface area contributed by atoms with Crippen LogP contribution in [0.2, 0.25) is 0 Å². The molecule has 2 N–H and O–H groups in total. The van der Waals surface area contributed by atoms with Crippen LogP contribution >= 0.6 is 0 Å². The second-order valence-corrected chi connectivity index (χ2v) is 2.14. The van der Waals surface area contributed by atoms with Crippen LogP contribution in [0.3, 0.4) is 0 Å². The summed E-state index contributed by atoms with van der Waals surface area (Å²) in [5, 5.41) is 15.8. The molecule has 0 amide bonds. The summed E-state index contributed by atoms with van der Waals surface area (Å²) in [7, 11) is 0. The van der Waals surface area contributed by atoms with Crippen molar-refractivity contribution in [2.75, 3.05) is 0 Å². The predicted molar refractivity (Wildman–Crippen MR) is 44.0 cm³/mol. The summed E-state index contributed by atoms with van der Waals surface area (Å²) < 4.78 is 4.50. The molecule has 76 valence electrons. The number of carboxylic acids is 2. The van der Waals surface area contributed by atoms with Crippen molar-refractivity contribution in [1.29, 1.82) is 0 Å². The van der Waals surface area contributed by atoms with Crippen molar-refractivity contribution in [3.05, 3.63) is 24.2 Å². The quantitative estimate of drug-likeness (QED) is 0.678. The van der Waals surface area contributed by atoms with Crippen molar-refractivity contribution < 1.29 is 29.0 Å². The van der Waals surface area contributed by atoms with Gasteiger partial charge < -0.3 is 14.6 Å². The fourth-order valence-corrected chi connectivity index (χ4v) is 0.400. The van der Waals surface area contributed by atoms with E-state index < -0.39 is 17.7 Å². The van der Waals surface area contributed by atoms with Crippen LogP contribution in [0, 0.1) is 0 Å². The van der Waals surface area contributed by atoms with Gasteiger partial charge in [-0.2, -0.15) is 0 Å². The molecule has 0 aliphatic heterocycles. The van der Waals surface area contributed by atoms with E-state index in [1.807, 2.05) is 0 Å². The highest BCUT2D eigenvalue weighted by molar-refractivity contribution is 6.31. The molecule has 1 rings (SSSR count). The lowest BCUT2D eigenvalue weighted by Crippen LogP contribution is -2.05. The van der Waals surface area contributed by atoms with Gasteiger partial charge in [-0.25, -0.2) is 9.59 Å². The van der Waals surface area contributed by atoms with Gasteiger partial charge in [-0.05, 0) is 12.1 Å². The molecule has 6 nitrogen and oxygen atoms in total. The third kappa shape index (κ3) is 4.70. The Labute approximate surface area is 78.8 Å². The normalized spacial score (nSPS) is 8.36. The topological polar surface area (TPSA) is 105 Å². The summed E-state index contributed by atoms with van der Waals surface area (Å²) in [6.45, 7) is 1.00. The molecule has 0 aliphatic rings. The summed E-state index contributed by atoms with van der Waals surface area (Å²) in [4.78, 5) is 28.9. The first-order valence-electron chi connectivity index (χ1n) is 3.45. The molecule has 0 atom stereocenters. The maximum absolute atomic E-state index is 9.97. The molecule has 1 aromatic heterocycles. The average molecular weight is 200 g/mol. The molecular weight excluding hydrogens is 192 g/mol. The van der Waals surface area contributed by atoms with Gasteiger partial charge in [-0.15, -0.1) is 0 Å². The van der Waals surface area contributed by atoms with Crippen LogP contribution in [0.25, 0.3) is 0 Å². The molecule has 14 heavy (non-hydrogen) atoms. The van der Waals surface area contributed by atoms with E-state index in [0.717, 1.165) is 6.92 Å². The Morgan fingerprint density at radius 3 is 1.93 bits per heavy atom. The van der Waals surface area contributed by atoms with Crippen molar-refractivity contribution >= 4 is 17.7 Å². The monoisotopic (exact) mass is 200 g/mol. The molecule has 0 bridgehead atoms. The van der Waals surface area contributed by atoms with E-state index in [-0.39, 0.29) is 5.76 Å². The van der Waals surface area contributed by atoms with Crippen LogP contribution in [-0.4, -0.2) is 27.9 Å². The number of aromatic carboxylic acids is 1. The second kappa shape index (κ2) is 5.52. The van der Waals surface area contributed by atoms with Crippen LogP contribution in [0.4, 0.5) is 0 Å². The highest BCUT2D eigenvalue weighted by atomic mass is 16.4. The molecule has 1 aromatic rings. The van der Waals surface area contributed by atoms with Gasteiger partial charge in [-0.1, -0.05) is 0 Å². The van der Waals surface area contributed by atoms with E-state index in [2.05, 4.69) is 4.42 Å². The van der Waals surface area contributed by atoms with Gasteiger partial charge in [0.25, 0.3) is 0 Å². The first-order chi connectivity index (χ1) is 6.45. The summed E-state index contributed by atoms with van der Waals surface area (Å²) in [6.07, 6.45) is 1.32. The summed E-state index contributed by atoms with van der Waals surface area (Å²) in [5.41, 5.74) is 0. The van der Waals surface area contributed by atoms with Gasteiger partial charge in [-0.3, -0.25) is 4.79 Å².